The first-order valence-electron chi connectivity index (χ1n) is 4.66. The van der Waals surface area contributed by atoms with Crippen LogP contribution in [0.5, 0.6) is 0 Å². The van der Waals surface area contributed by atoms with Gasteiger partial charge in [0.1, 0.15) is 0 Å². The van der Waals surface area contributed by atoms with Gasteiger partial charge in [-0.2, -0.15) is 0 Å². The Morgan fingerprint density at radius 3 is 1.67 bits per heavy atom. The Kier molecular flexibility index (Phi) is 79.5. The predicted molar refractivity (Wildman–Crippen MR) is 53.2 cm³/mol. The van der Waals surface area contributed by atoms with Gasteiger partial charge in [-0.1, -0.05) is 41.0 Å². The van der Waals surface area contributed by atoms with Gasteiger partial charge >= 0.3 is 0 Å². The van der Waals surface area contributed by atoms with Gasteiger partial charge in [-0.25, -0.2) is 0 Å². The molecule has 0 rings (SSSR count). The SMILES string of the molecule is CC.CC.CCC[N-]CCO.[Pd]. The van der Waals surface area contributed by atoms with E-state index in [1.165, 1.54) is 0 Å². The third-order valence-electron chi connectivity index (χ3n) is 0.640. The molecule has 3 heteroatoms. The van der Waals surface area contributed by atoms with E-state index in [0.717, 1.165) is 13.0 Å². The molecule has 0 unspecified atom stereocenters. The van der Waals surface area contributed by atoms with E-state index >= 15 is 0 Å². The molecule has 0 spiro atoms. The predicted octanol–water partition coefficient (Wildman–Crippen LogP) is 2.81. The van der Waals surface area contributed by atoms with Crippen LogP contribution in [0.4, 0.5) is 0 Å². The first-order chi connectivity index (χ1) is 5.41. The maximum absolute atomic E-state index is 8.20. The Balaban J connectivity index is -0.0000000560. The van der Waals surface area contributed by atoms with Crippen LogP contribution in [0.2, 0.25) is 0 Å². The second-order valence-corrected chi connectivity index (χ2v) is 1.39. The number of hydrogen-bond donors (Lipinski definition) is 1. The molecule has 0 bridgehead atoms. The third kappa shape index (κ3) is 46.3. The normalized spacial score (nSPS) is 6.50. The van der Waals surface area contributed by atoms with Crippen molar-refractivity contribution in [3.05, 3.63) is 5.32 Å². The summed E-state index contributed by atoms with van der Waals surface area (Å²) in [4.78, 5) is 0. The molecular formula is C9H24NOPd-. The number of hydrogen-bond acceptors (Lipinski definition) is 1. The first-order valence-corrected chi connectivity index (χ1v) is 4.66. The smallest absolute Gasteiger partial charge is 0.0243 e. The molecule has 0 aliphatic rings. The van der Waals surface area contributed by atoms with Crippen LogP contribution in [0.25, 0.3) is 5.32 Å². The van der Waals surface area contributed by atoms with E-state index in [9.17, 15) is 0 Å². The van der Waals surface area contributed by atoms with Crippen LogP contribution < -0.4 is 0 Å². The third-order valence-corrected chi connectivity index (χ3v) is 0.640. The fourth-order valence-electron chi connectivity index (χ4n) is 0.341. The molecule has 2 nitrogen and oxygen atoms in total. The van der Waals surface area contributed by atoms with Crippen LogP contribution in [-0.4, -0.2) is 24.8 Å². The minimum absolute atomic E-state index is 0. The van der Waals surface area contributed by atoms with E-state index in [-0.39, 0.29) is 27.0 Å². The fraction of sp³-hybridized carbons (Fsp3) is 1.00. The molecule has 0 saturated heterocycles. The standard InChI is InChI=1S/C5H12NO.2C2H6.Pd/c1-2-3-6-4-5-7;2*1-2;/h7H,2-5H2,1H3;2*1-2H3;/q-1;;;. The zero-order chi connectivity index (χ0) is 9.54. The maximum Gasteiger partial charge on any atom is 0.0243 e. The van der Waals surface area contributed by atoms with Crippen molar-refractivity contribution in [1.82, 2.24) is 0 Å². The van der Waals surface area contributed by atoms with Crippen molar-refractivity contribution in [2.45, 2.75) is 41.0 Å². The molecule has 0 atom stereocenters. The summed E-state index contributed by atoms with van der Waals surface area (Å²) in [5, 5.41) is 12.2. The van der Waals surface area contributed by atoms with Crippen molar-refractivity contribution in [3.63, 3.8) is 0 Å². The summed E-state index contributed by atoms with van der Waals surface area (Å²) in [5.41, 5.74) is 0. The van der Waals surface area contributed by atoms with Crippen molar-refractivity contribution in [1.29, 1.82) is 0 Å². The van der Waals surface area contributed by atoms with E-state index < -0.39 is 0 Å². The molecular weight excluding hydrogens is 245 g/mol. The Hall–Kier alpha value is 0.582. The van der Waals surface area contributed by atoms with Gasteiger partial charge in [0.05, 0.1) is 0 Å². The van der Waals surface area contributed by atoms with E-state index in [1.807, 2.05) is 27.7 Å². The minimum atomic E-state index is 0. The zero-order valence-electron chi connectivity index (χ0n) is 9.04. The molecule has 0 radical (unpaired) electrons. The molecule has 12 heavy (non-hydrogen) atoms. The van der Waals surface area contributed by atoms with Crippen molar-refractivity contribution >= 4 is 0 Å². The van der Waals surface area contributed by atoms with Crippen LogP contribution in [0.3, 0.4) is 0 Å². The molecule has 0 heterocycles. The zero-order valence-corrected chi connectivity index (χ0v) is 10.6. The summed E-state index contributed by atoms with van der Waals surface area (Å²) in [6.07, 6.45) is 1.08. The molecule has 0 saturated carbocycles. The molecule has 1 N–H and O–H groups in total. The van der Waals surface area contributed by atoms with Crippen molar-refractivity contribution in [2.24, 2.45) is 0 Å². The van der Waals surface area contributed by atoms with Gasteiger partial charge in [0.15, 0.2) is 0 Å². The summed E-state index contributed by atoms with van der Waals surface area (Å²) in [6, 6.07) is 0. The van der Waals surface area contributed by atoms with Gasteiger partial charge in [-0.15, -0.1) is 13.1 Å². The summed E-state index contributed by atoms with van der Waals surface area (Å²) in [6.45, 7) is 11.8. The molecule has 0 aromatic carbocycles. The van der Waals surface area contributed by atoms with Gasteiger partial charge in [-0.05, 0) is 0 Å². The molecule has 0 amide bonds. The van der Waals surface area contributed by atoms with Crippen molar-refractivity contribution < 1.29 is 25.5 Å². The first kappa shape index (κ1) is 22.9. The fourth-order valence-corrected chi connectivity index (χ4v) is 0.341. The molecule has 0 aromatic heterocycles. The molecule has 0 aromatic rings. The van der Waals surface area contributed by atoms with Crippen LogP contribution in [0, 0.1) is 0 Å². The summed E-state index contributed by atoms with van der Waals surface area (Å²) in [5.74, 6) is 0. The molecule has 82 valence electrons. The van der Waals surface area contributed by atoms with Gasteiger partial charge in [0.2, 0.25) is 0 Å². The summed E-state index contributed by atoms with van der Waals surface area (Å²) < 4.78 is 0. The quantitative estimate of drug-likeness (QED) is 0.617. The maximum atomic E-state index is 8.20. The second-order valence-electron chi connectivity index (χ2n) is 1.39. The Bertz CT molecular complexity index is 33.7. The van der Waals surface area contributed by atoms with E-state index in [1.54, 1.807) is 0 Å². The van der Waals surface area contributed by atoms with E-state index in [0.29, 0.717) is 6.54 Å². The molecule has 0 fully saturated rings. The van der Waals surface area contributed by atoms with Crippen LogP contribution in [-0.2, 0) is 20.4 Å². The van der Waals surface area contributed by atoms with Gasteiger partial charge in [-0.3, -0.25) is 0 Å². The Labute approximate surface area is 91.8 Å². The average Bonchev–Trinajstić information content (AvgIpc) is 2.13. The van der Waals surface area contributed by atoms with Crippen LogP contribution in [0.15, 0.2) is 0 Å². The topological polar surface area (TPSA) is 34.3 Å². The van der Waals surface area contributed by atoms with Gasteiger partial charge in [0.25, 0.3) is 0 Å². The van der Waals surface area contributed by atoms with E-state index in [4.69, 9.17) is 5.11 Å². The average molecular weight is 269 g/mol. The van der Waals surface area contributed by atoms with Crippen molar-refractivity contribution in [3.8, 4) is 0 Å². The van der Waals surface area contributed by atoms with Crippen LogP contribution in [0.1, 0.15) is 41.0 Å². The number of nitrogens with zero attached hydrogens (tertiary/aromatic N) is 1. The number of rotatable bonds is 4. The largest absolute Gasteiger partial charge is 0.660 e. The Morgan fingerprint density at radius 1 is 1.00 bits per heavy atom. The number of aliphatic hydroxyl groups is 1. The van der Waals surface area contributed by atoms with Gasteiger partial charge in [0, 0.05) is 27.0 Å². The summed E-state index contributed by atoms with van der Waals surface area (Å²) in [7, 11) is 0. The summed E-state index contributed by atoms with van der Waals surface area (Å²) >= 11 is 0. The molecule has 0 aliphatic carbocycles. The van der Waals surface area contributed by atoms with Crippen LogP contribution >= 0.6 is 0 Å². The van der Waals surface area contributed by atoms with E-state index in [2.05, 4.69) is 12.2 Å². The van der Waals surface area contributed by atoms with Gasteiger partial charge < -0.3 is 10.4 Å². The number of aliphatic hydroxyl groups excluding tert-OH is 1. The molecule has 0 aliphatic heterocycles. The second kappa shape index (κ2) is 41.6. The monoisotopic (exact) mass is 268 g/mol. The minimum Gasteiger partial charge on any atom is -0.660 e. The van der Waals surface area contributed by atoms with Crippen molar-refractivity contribution in [2.75, 3.05) is 19.7 Å². The Morgan fingerprint density at radius 2 is 1.42 bits per heavy atom.